The molecule has 1 aliphatic carbocycles. The molecule has 0 aliphatic heterocycles. The van der Waals surface area contributed by atoms with E-state index in [0.717, 1.165) is 25.7 Å². The summed E-state index contributed by atoms with van der Waals surface area (Å²) < 4.78 is 5.74. The minimum atomic E-state index is -0.116. The molecule has 1 aromatic heterocycles. The van der Waals surface area contributed by atoms with E-state index in [0.29, 0.717) is 16.8 Å². The first-order chi connectivity index (χ1) is 10.1. The molecule has 1 heterocycles. The summed E-state index contributed by atoms with van der Waals surface area (Å²) in [5, 5.41) is 3.00. The van der Waals surface area contributed by atoms with Crippen LogP contribution in [0.25, 0.3) is 0 Å². The van der Waals surface area contributed by atoms with Crippen molar-refractivity contribution < 1.29 is 14.3 Å². The second-order valence-electron chi connectivity index (χ2n) is 5.14. The highest BCUT2D eigenvalue weighted by molar-refractivity contribution is 9.10. The molecule has 0 radical (unpaired) electrons. The van der Waals surface area contributed by atoms with Gasteiger partial charge in [-0.3, -0.25) is 9.59 Å². The quantitative estimate of drug-likeness (QED) is 0.666. The van der Waals surface area contributed by atoms with Crippen molar-refractivity contribution in [2.75, 3.05) is 6.61 Å². The van der Waals surface area contributed by atoms with Gasteiger partial charge in [-0.25, -0.2) is 4.98 Å². The molecule has 1 aliphatic rings. The molecule has 21 heavy (non-hydrogen) atoms. The van der Waals surface area contributed by atoms with Gasteiger partial charge in [-0.05, 0) is 60.7 Å². The van der Waals surface area contributed by atoms with E-state index < -0.39 is 0 Å². The molecule has 114 valence electrons. The van der Waals surface area contributed by atoms with Gasteiger partial charge in [0, 0.05) is 12.2 Å². The van der Waals surface area contributed by atoms with E-state index in [1.807, 2.05) is 6.92 Å². The Morgan fingerprint density at radius 1 is 1.33 bits per heavy atom. The van der Waals surface area contributed by atoms with Gasteiger partial charge in [-0.1, -0.05) is 0 Å². The fraction of sp³-hybridized carbons (Fsp3) is 0.533. The number of ether oxygens (including phenoxy) is 1. The van der Waals surface area contributed by atoms with E-state index >= 15 is 0 Å². The predicted octanol–water partition coefficient (Wildman–Crippen LogP) is 2.70. The van der Waals surface area contributed by atoms with Crippen LogP contribution in [-0.4, -0.2) is 29.5 Å². The third kappa shape index (κ3) is 4.52. The number of carbonyl (C=O) groups is 2. The Bertz CT molecular complexity index is 496. The van der Waals surface area contributed by atoms with Gasteiger partial charge in [0.1, 0.15) is 4.60 Å². The van der Waals surface area contributed by atoms with Gasteiger partial charge in [0.25, 0.3) is 5.91 Å². The first-order valence-corrected chi connectivity index (χ1v) is 7.98. The minimum Gasteiger partial charge on any atom is -0.466 e. The summed E-state index contributed by atoms with van der Waals surface area (Å²) in [5.74, 6) is -0.249. The number of amides is 1. The lowest BCUT2D eigenvalue weighted by Gasteiger charge is -2.27. The van der Waals surface area contributed by atoms with Crippen LogP contribution < -0.4 is 5.32 Å². The normalized spacial score (nSPS) is 21.6. The van der Waals surface area contributed by atoms with E-state index in [1.165, 1.54) is 0 Å². The van der Waals surface area contributed by atoms with Crippen molar-refractivity contribution in [1.82, 2.24) is 10.3 Å². The van der Waals surface area contributed by atoms with Crippen LogP contribution in [0.3, 0.4) is 0 Å². The Labute approximate surface area is 132 Å². The molecule has 1 aromatic rings. The molecule has 0 spiro atoms. The predicted molar refractivity (Wildman–Crippen MR) is 81.8 cm³/mol. The molecule has 1 N–H and O–H groups in total. The summed E-state index contributed by atoms with van der Waals surface area (Å²) >= 11 is 3.24. The van der Waals surface area contributed by atoms with E-state index in [1.54, 1.807) is 18.3 Å². The zero-order chi connectivity index (χ0) is 15.2. The minimum absolute atomic E-state index is 0.0209. The van der Waals surface area contributed by atoms with Crippen LogP contribution in [0.4, 0.5) is 0 Å². The summed E-state index contributed by atoms with van der Waals surface area (Å²) in [4.78, 5) is 27.8. The van der Waals surface area contributed by atoms with Crippen molar-refractivity contribution in [3.05, 3.63) is 28.5 Å². The van der Waals surface area contributed by atoms with Crippen LogP contribution in [0.1, 0.15) is 43.0 Å². The average Bonchev–Trinajstić information content (AvgIpc) is 2.49. The lowest BCUT2D eigenvalue weighted by Crippen LogP contribution is -2.39. The third-order valence-corrected chi connectivity index (χ3v) is 4.14. The standard InChI is InChI=1S/C15H19BrN2O3/c1-2-21-15(20)10-3-6-12(7-4-10)18-14(19)11-5-8-13(16)17-9-11/h5,8-10,12H,2-4,6-7H2,1H3,(H,18,19). The largest absolute Gasteiger partial charge is 0.466 e. The zero-order valence-electron chi connectivity index (χ0n) is 12.0. The fourth-order valence-corrected chi connectivity index (χ4v) is 2.75. The number of nitrogens with one attached hydrogen (secondary N) is 1. The van der Waals surface area contributed by atoms with Crippen molar-refractivity contribution in [2.45, 2.75) is 38.6 Å². The molecule has 1 saturated carbocycles. The first kappa shape index (κ1) is 15.9. The molecule has 0 atom stereocenters. The van der Waals surface area contributed by atoms with Crippen LogP contribution in [0.2, 0.25) is 0 Å². The highest BCUT2D eigenvalue weighted by Crippen LogP contribution is 2.25. The van der Waals surface area contributed by atoms with Crippen molar-refractivity contribution >= 4 is 27.8 Å². The maximum Gasteiger partial charge on any atom is 0.308 e. The topological polar surface area (TPSA) is 68.3 Å². The van der Waals surface area contributed by atoms with Gasteiger partial charge < -0.3 is 10.1 Å². The second kappa shape index (κ2) is 7.54. The highest BCUT2D eigenvalue weighted by Gasteiger charge is 2.28. The van der Waals surface area contributed by atoms with Crippen molar-refractivity contribution in [2.24, 2.45) is 5.92 Å². The van der Waals surface area contributed by atoms with E-state index in [-0.39, 0.29) is 23.8 Å². The number of halogens is 1. The third-order valence-electron chi connectivity index (χ3n) is 3.67. The summed E-state index contributed by atoms with van der Waals surface area (Å²) in [6.07, 6.45) is 4.69. The summed E-state index contributed by atoms with van der Waals surface area (Å²) in [6, 6.07) is 3.59. The molecule has 0 aromatic carbocycles. The van der Waals surface area contributed by atoms with Crippen LogP contribution >= 0.6 is 15.9 Å². The average molecular weight is 355 g/mol. The van der Waals surface area contributed by atoms with Gasteiger partial charge in [0.05, 0.1) is 18.1 Å². The monoisotopic (exact) mass is 354 g/mol. The van der Waals surface area contributed by atoms with Crippen LogP contribution in [0.15, 0.2) is 22.9 Å². The molecular weight excluding hydrogens is 336 g/mol. The Balaban J connectivity index is 1.82. The summed E-state index contributed by atoms with van der Waals surface area (Å²) in [7, 11) is 0. The Kier molecular flexibility index (Phi) is 5.73. The maximum absolute atomic E-state index is 12.1. The Hall–Kier alpha value is -1.43. The lowest BCUT2D eigenvalue weighted by molar-refractivity contribution is -0.149. The van der Waals surface area contributed by atoms with Gasteiger partial charge in [0.15, 0.2) is 0 Å². The van der Waals surface area contributed by atoms with E-state index in [4.69, 9.17) is 4.74 Å². The van der Waals surface area contributed by atoms with Gasteiger partial charge >= 0.3 is 5.97 Å². The van der Waals surface area contributed by atoms with Crippen LogP contribution in [0, 0.1) is 5.92 Å². The molecule has 1 amide bonds. The second-order valence-corrected chi connectivity index (χ2v) is 5.96. The van der Waals surface area contributed by atoms with Crippen LogP contribution in [-0.2, 0) is 9.53 Å². The molecule has 0 unspecified atom stereocenters. The number of esters is 1. The fourth-order valence-electron chi connectivity index (χ4n) is 2.51. The van der Waals surface area contributed by atoms with Crippen molar-refractivity contribution in [3.63, 3.8) is 0 Å². The molecule has 0 saturated heterocycles. The summed E-state index contributed by atoms with van der Waals surface area (Å²) in [6.45, 7) is 2.24. The molecule has 0 bridgehead atoms. The van der Waals surface area contributed by atoms with Crippen molar-refractivity contribution in [1.29, 1.82) is 0 Å². The SMILES string of the molecule is CCOC(=O)C1CCC(NC(=O)c2ccc(Br)nc2)CC1. The molecule has 1 fully saturated rings. The number of carbonyl (C=O) groups excluding carboxylic acids is 2. The number of hydrogen-bond acceptors (Lipinski definition) is 4. The molecule has 5 nitrogen and oxygen atoms in total. The van der Waals surface area contributed by atoms with Gasteiger partial charge in [-0.15, -0.1) is 0 Å². The number of hydrogen-bond donors (Lipinski definition) is 1. The number of pyridine rings is 1. The lowest BCUT2D eigenvalue weighted by atomic mass is 9.86. The smallest absolute Gasteiger partial charge is 0.308 e. The molecule has 2 rings (SSSR count). The van der Waals surface area contributed by atoms with Gasteiger partial charge in [-0.2, -0.15) is 0 Å². The molecular formula is C15H19BrN2O3. The van der Waals surface area contributed by atoms with E-state index in [9.17, 15) is 9.59 Å². The first-order valence-electron chi connectivity index (χ1n) is 7.19. The maximum atomic E-state index is 12.1. The van der Waals surface area contributed by atoms with Gasteiger partial charge in [0.2, 0.25) is 0 Å². The van der Waals surface area contributed by atoms with Crippen molar-refractivity contribution in [3.8, 4) is 0 Å². The number of nitrogens with zero attached hydrogens (tertiary/aromatic N) is 1. The molecule has 6 heteroatoms. The Morgan fingerprint density at radius 3 is 2.62 bits per heavy atom. The number of aromatic nitrogens is 1. The van der Waals surface area contributed by atoms with Crippen LogP contribution in [0.5, 0.6) is 0 Å². The Morgan fingerprint density at radius 2 is 2.05 bits per heavy atom. The highest BCUT2D eigenvalue weighted by atomic mass is 79.9. The zero-order valence-corrected chi connectivity index (χ0v) is 13.6. The van der Waals surface area contributed by atoms with E-state index in [2.05, 4.69) is 26.2 Å². The number of rotatable bonds is 4. The summed E-state index contributed by atoms with van der Waals surface area (Å²) in [5.41, 5.74) is 0.547.